The third kappa shape index (κ3) is 4.16. The van der Waals surface area contributed by atoms with Crippen molar-refractivity contribution >= 4 is 5.91 Å². The normalized spacial score (nSPS) is 12.4. The van der Waals surface area contributed by atoms with Crippen LogP contribution in [-0.4, -0.2) is 33.9 Å². The zero-order valence-corrected chi connectivity index (χ0v) is 13.6. The monoisotopic (exact) mass is 319 g/mol. The Labute approximate surface area is 134 Å². The van der Waals surface area contributed by atoms with Crippen LogP contribution in [0.1, 0.15) is 25.1 Å². The molecule has 1 aromatic carbocycles. The molecule has 1 amide bonds. The van der Waals surface area contributed by atoms with Gasteiger partial charge in [-0.15, -0.1) is 0 Å². The molecule has 0 unspecified atom stereocenters. The highest BCUT2D eigenvalue weighted by atomic mass is 19.1. The molecule has 3 N–H and O–H groups in total. The zero-order chi connectivity index (χ0) is 17.0. The molecule has 0 saturated heterocycles. The maximum atomic E-state index is 13.1. The molecule has 0 radical (unpaired) electrons. The minimum absolute atomic E-state index is 0.0986. The lowest BCUT2D eigenvalue weighted by atomic mass is 10.0. The maximum absolute atomic E-state index is 13.1. The van der Waals surface area contributed by atoms with Gasteiger partial charge in [0.2, 0.25) is 5.91 Å². The van der Waals surface area contributed by atoms with Crippen molar-refractivity contribution in [2.45, 2.75) is 33.2 Å². The van der Waals surface area contributed by atoms with Gasteiger partial charge in [0.05, 0.1) is 24.8 Å². The van der Waals surface area contributed by atoms with Gasteiger partial charge in [-0.3, -0.25) is 9.89 Å². The van der Waals surface area contributed by atoms with Crippen LogP contribution in [0, 0.1) is 18.7 Å². The number of aryl methyl sites for hydroxylation is 1. The van der Waals surface area contributed by atoms with Crippen molar-refractivity contribution in [2.75, 3.05) is 6.61 Å². The van der Waals surface area contributed by atoms with Gasteiger partial charge in [-0.25, -0.2) is 4.39 Å². The van der Waals surface area contributed by atoms with Gasteiger partial charge in [0, 0.05) is 16.8 Å². The molecule has 6 heteroatoms. The van der Waals surface area contributed by atoms with Crippen LogP contribution in [0.15, 0.2) is 24.3 Å². The Morgan fingerprint density at radius 1 is 1.35 bits per heavy atom. The number of carbonyl (C=O) groups is 1. The van der Waals surface area contributed by atoms with Crippen LogP contribution in [0.25, 0.3) is 11.3 Å². The van der Waals surface area contributed by atoms with Crippen LogP contribution < -0.4 is 5.32 Å². The lowest BCUT2D eigenvalue weighted by Gasteiger charge is -2.20. The van der Waals surface area contributed by atoms with Crippen molar-refractivity contribution in [3.63, 3.8) is 0 Å². The summed E-state index contributed by atoms with van der Waals surface area (Å²) < 4.78 is 13.1. The number of hydrogen-bond acceptors (Lipinski definition) is 3. The van der Waals surface area contributed by atoms with Gasteiger partial charge in [-0.2, -0.15) is 5.10 Å². The Morgan fingerprint density at radius 2 is 2.00 bits per heavy atom. The van der Waals surface area contributed by atoms with Crippen molar-refractivity contribution < 1.29 is 14.3 Å². The third-order valence-electron chi connectivity index (χ3n) is 3.88. The number of nitrogens with one attached hydrogen (secondary N) is 2. The van der Waals surface area contributed by atoms with E-state index in [1.807, 2.05) is 20.8 Å². The number of amides is 1. The first-order valence-electron chi connectivity index (χ1n) is 7.62. The molecule has 2 rings (SSSR count). The Hall–Kier alpha value is -2.21. The van der Waals surface area contributed by atoms with E-state index < -0.39 is 0 Å². The second-order valence-corrected chi connectivity index (χ2v) is 5.96. The first-order valence-corrected chi connectivity index (χ1v) is 7.62. The molecule has 5 nitrogen and oxygen atoms in total. The van der Waals surface area contributed by atoms with Gasteiger partial charge in [-0.05, 0) is 37.1 Å². The van der Waals surface area contributed by atoms with Crippen molar-refractivity contribution in [2.24, 2.45) is 5.92 Å². The number of halogens is 1. The highest BCUT2D eigenvalue weighted by Gasteiger charge is 2.19. The fourth-order valence-electron chi connectivity index (χ4n) is 2.36. The molecular weight excluding hydrogens is 297 g/mol. The van der Waals surface area contributed by atoms with E-state index in [0.717, 1.165) is 16.8 Å². The molecule has 124 valence electrons. The van der Waals surface area contributed by atoms with Gasteiger partial charge in [0.1, 0.15) is 5.82 Å². The number of carbonyl (C=O) groups excluding carboxylic acids is 1. The summed E-state index contributed by atoms with van der Waals surface area (Å²) in [6.45, 7) is 5.62. The van der Waals surface area contributed by atoms with Crippen molar-refractivity contribution in [3.05, 3.63) is 41.3 Å². The van der Waals surface area contributed by atoms with E-state index in [1.165, 1.54) is 12.1 Å². The van der Waals surface area contributed by atoms with Gasteiger partial charge < -0.3 is 10.4 Å². The summed E-state index contributed by atoms with van der Waals surface area (Å²) in [5, 5.41) is 19.2. The lowest BCUT2D eigenvalue weighted by Crippen LogP contribution is -2.41. The van der Waals surface area contributed by atoms with Crippen LogP contribution in [0.3, 0.4) is 0 Å². The summed E-state index contributed by atoms with van der Waals surface area (Å²) in [5.74, 6) is -0.348. The maximum Gasteiger partial charge on any atom is 0.224 e. The summed E-state index contributed by atoms with van der Waals surface area (Å²) in [7, 11) is 0. The number of aromatic nitrogens is 2. The molecule has 0 fully saturated rings. The molecule has 0 aliphatic rings. The lowest BCUT2D eigenvalue weighted by molar-refractivity contribution is -0.121. The quantitative estimate of drug-likeness (QED) is 0.764. The second kappa shape index (κ2) is 7.37. The third-order valence-corrected chi connectivity index (χ3v) is 3.88. The largest absolute Gasteiger partial charge is 0.394 e. The van der Waals surface area contributed by atoms with E-state index in [9.17, 15) is 14.3 Å². The second-order valence-electron chi connectivity index (χ2n) is 5.96. The van der Waals surface area contributed by atoms with E-state index in [0.29, 0.717) is 5.69 Å². The van der Waals surface area contributed by atoms with E-state index in [1.54, 1.807) is 12.1 Å². The molecular formula is C17H22FN3O2. The fraction of sp³-hybridized carbons (Fsp3) is 0.412. The average Bonchev–Trinajstić information content (AvgIpc) is 2.86. The molecule has 0 aliphatic heterocycles. The summed E-state index contributed by atoms with van der Waals surface area (Å²) in [6, 6.07) is 5.73. The summed E-state index contributed by atoms with van der Waals surface area (Å²) in [5.41, 5.74) is 2.96. The van der Waals surface area contributed by atoms with Gasteiger partial charge >= 0.3 is 0 Å². The van der Waals surface area contributed by atoms with E-state index >= 15 is 0 Å². The number of aromatic amines is 1. The van der Waals surface area contributed by atoms with Crippen LogP contribution in [0.4, 0.5) is 4.39 Å². The van der Waals surface area contributed by atoms with Crippen molar-refractivity contribution in [1.82, 2.24) is 15.5 Å². The van der Waals surface area contributed by atoms with Crippen molar-refractivity contribution in [3.8, 4) is 11.3 Å². The minimum Gasteiger partial charge on any atom is -0.394 e. The summed E-state index contributed by atoms with van der Waals surface area (Å²) >= 11 is 0. The van der Waals surface area contributed by atoms with Crippen LogP contribution in [0.2, 0.25) is 0 Å². The predicted octanol–water partition coefficient (Wildman–Crippen LogP) is 2.20. The van der Waals surface area contributed by atoms with Crippen LogP contribution in [-0.2, 0) is 11.2 Å². The molecule has 23 heavy (non-hydrogen) atoms. The number of aliphatic hydroxyl groups is 1. The summed E-state index contributed by atoms with van der Waals surface area (Å²) in [6.07, 6.45) is 0.151. The van der Waals surface area contributed by atoms with Crippen LogP contribution in [0.5, 0.6) is 0 Å². The Morgan fingerprint density at radius 3 is 2.57 bits per heavy atom. The van der Waals surface area contributed by atoms with Crippen LogP contribution >= 0.6 is 0 Å². The molecule has 1 heterocycles. The molecule has 0 aliphatic carbocycles. The topological polar surface area (TPSA) is 78.0 Å². The van der Waals surface area contributed by atoms with E-state index in [-0.39, 0.29) is 36.7 Å². The summed E-state index contributed by atoms with van der Waals surface area (Å²) in [4.78, 5) is 12.3. The van der Waals surface area contributed by atoms with E-state index in [4.69, 9.17) is 0 Å². The molecule has 1 atom stereocenters. The van der Waals surface area contributed by atoms with Gasteiger partial charge in [0.15, 0.2) is 0 Å². The predicted molar refractivity (Wildman–Crippen MR) is 86.3 cm³/mol. The molecule has 0 spiro atoms. The van der Waals surface area contributed by atoms with E-state index in [2.05, 4.69) is 15.5 Å². The highest BCUT2D eigenvalue weighted by Crippen LogP contribution is 2.24. The first-order chi connectivity index (χ1) is 10.9. The minimum atomic E-state index is -0.317. The Kier molecular flexibility index (Phi) is 5.50. The van der Waals surface area contributed by atoms with Gasteiger partial charge in [-0.1, -0.05) is 13.8 Å². The number of H-pyrrole nitrogens is 1. The number of aliphatic hydroxyl groups excluding tert-OH is 1. The molecule has 1 aromatic heterocycles. The molecule has 0 bridgehead atoms. The molecule has 0 saturated carbocycles. The van der Waals surface area contributed by atoms with Crippen molar-refractivity contribution in [1.29, 1.82) is 0 Å². The first kappa shape index (κ1) is 17.1. The number of nitrogens with zero attached hydrogens (tertiary/aromatic N) is 1. The zero-order valence-electron chi connectivity index (χ0n) is 13.6. The number of rotatable bonds is 6. The standard InChI is InChI=1S/C17H22FN3O2/c1-10(2)15(9-22)19-16(23)8-14-11(3)20-21-17(14)12-4-6-13(18)7-5-12/h4-7,10,15,22H,8-9H2,1-3H3,(H,19,23)(H,20,21)/t15-/m0/s1. The SMILES string of the molecule is Cc1[nH]nc(-c2ccc(F)cc2)c1CC(=O)N[C@@H](CO)C(C)C. The number of benzene rings is 1. The molecule has 2 aromatic rings. The Bertz CT molecular complexity index is 665. The highest BCUT2D eigenvalue weighted by molar-refractivity contribution is 5.81. The fourth-order valence-corrected chi connectivity index (χ4v) is 2.36. The Balaban J connectivity index is 2.19. The average molecular weight is 319 g/mol. The number of hydrogen-bond donors (Lipinski definition) is 3. The van der Waals surface area contributed by atoms with Gasteiger partial charge in [0.25, 0.3) is 0 Å². The smallest absolute Gasteiger partial charge is 0.224 e.